The quantitative estimate of drug-likeness (QED) is 0.546. The van der Waals surface area contributed by atoms with Crippen molar-refractivity contribution in [1.82, 2.24) is 9.47 Å². The third-order valence-electron chi connectivity index (χ3n) is 6.28. The van der Waals surface area contributed by atoms with E-state index in [2.05, 4.69) is 41.6 Å². The maximum absolute atomic E-state index is 13.5. The van der Waals surface area contributed by atoms with Gasteiger partial charge in [-0.2, -0.15) is 0 Å². The Morgan fingerprint density at radius 1 is 1.13 bits per heavy atom. The second-order valence-electron chi connectivity index (χ2n) is 8.72. The van der Waals surface area contributed by atoms with Crippen molar-refractivity contribution in [3.05, 3.63) is 70.7 Å². The highest BCUT2D eigenvalue weighted by Gasteiger charge is 2.23. The Kier molecular flexibility index (Phi) is 6.54. The van der Waals surface area contributed by atoms with E-state index in [-0.39, 0.29) is 17.7 Å². The Balaban J connectivity index is 1.74. The van der Waals surface area contributed by atoms with Crippen LogP contribution in [0.3, 0.4) is 0 Å². The van der Waals surface area contributed by atoms with Crippen LogP contribution >= 0.6 is 0 Å². The molecule has 0 radical (unpaired) electrons. The van der Waals surface area contributed by atoms with Crippen LogP contribution in [0.15, 0.2) is 42.5 Å². The van der Waals surface area contributed by atoms with Crippen LogP contribution in [0.25, 0.3) is 10.9 Å². The molecule has 2 heterocycles. The number of carbonyl (C=O) groups excluding carboxylic acids is 1. The lowest BCUT2D eigenvalue weighted by Crippen LogP contribution is -2.22. The summed E-state index contributed by atoms with van der Waals surface area (Å²) in [7, 11) is 2.18. The largest absolute Gasteiger partial charge is 0.371 e. The van der Waals surface area contributed by atoms with Crippen LogP contribution in [0.2, 0.25) is 0 Å². The number of benzene rings is 2. The number of Topliss-reactive ketones (excluding diaryl/α,β-unsaturated/α-hetero) is 1. The van der Waals surface area contributed by atoms with Gasteiger partial charge in [0.15, 0.2) is 0 Å². The molecule has 164 valence electrons. The summed E-state index contributed by atoms with van der Waals surface area (Å²) in [5.74, 6) is -0.151. The average Bonchev–Trinajstić information content (AvgIpc) is 2.87. The molecule has 2 aromatic carbocycles. The number of aryl methyl sites for hydroxylation is 1. The molecule has 1 atom stereocenters. The zero-order chi connectivity index (χ0) is 22.0. The fourth-order valence-electron chi connectivity index (χ4n) is 4.52. The van der Waals surface area contributed by atoms with E-state index < -0.39 is 0 Å². The number of hydrogen-bond donors (Lipinski definition) is 0. The smallest absolute Gasteiger partial charge is 0.132 e. The highest BCUT2D eigenvalue weighted by Crippen LogP contribution is 2.32. The minimum absolute atomic E-state index is 0.108. The van der Waals surface area contributed by atoms with E-state index in [0.717, 1.165) is 31.5 Å². The molecule has 0 fully saturated rings. The second-order valence-corrected chi connectivity index (χ2v) is 8.72. The molecule has 0 saturated carbocycles. The van der Waals surface area contributed by atoms with Crippen LogP contribution < -0.4 is 0 Å². The number of likely N-dealkylation sites (N-methyl/N-ethyl adjacent to an activating group) is 1. The highest BCUT2D eigenvalue weighted by molar-refractivity contribution is 5.86. The predicted octanol–water partition coefficient (Wildman–Crippen LogP) is 4.86. The number of nitrogens with zero attached hydrogens (tertiary/aromatic N) is 2. The molecular formula is C26H31FN2O2. The number of halogens is 1. The zero-order valence-electron chi connectivity index (χ0n) is 18.7. The van der Waals surface area contributed by atoms with Gasteiger partial charge in [0.25, 0.3) is 0 Å². The molecule has 0 bridgehead atoms. The Bertz CT molecular complexity index is 1070. The Hall–Kier alpha value is -2.50. The van der Waals surface area contributed by atoms with Crippen molar-refractivity contribution in [1.29, 1.82) is 0 Å². The Morgan fingerprint density at radius 2 is 1.87 bits per heavy atom. The lowest BCUT2D eigenvalue weighted by atomic mass is 10.1. The first kappa shape index (κ1) is 21.7. The first-order valence-electron chi connectivity index (χ1n) is 11.1. The number of hydrogen-bond acceptors (Lipinski definition) is 3. The van der Waals surface area contributed by atoms with Crippen LogP contribution in [-0.2, 0) is 28.9 Å². The zero-order valence-corrected chi connectivity index (χ0v) is 18.7. The number of rotatable bonds is 7. The summed E-state index contributed by atoms with van der Waals surface area (Å²) >= 11 is 0. The first-order chi connectivity index (χ1) is 14.9. The third kappa shape index (κ3) is 4.89. The minimum Gasteiger partial charge on any atom is -0.371 e. The maximum Gasteiger partial charge on any atom is 0.132 e. The molecule has 0 saturated heterocycles. The van der Waals surface area contributed by atoms with Crippen LogP contribution in [0.1, 0.15) is 41.8 Å². The summed E-state index contributed by atoms with van der Waals surface area (Å²) in [4.78, 5) is 13.8. The van der Waals surface area contributed by atoms with E-state index in [1.165, 1.54) is 39.9 Å². The van der Waals surface area contributed by atoms with Crippen molar-refractivity contribution in [3.8, 4) is 0 Å². The van der Waals surface area contributed by atoms with Crippen molar-refractivity contribution in [3.63, 3.8) is 0 Å². The standard InChI is InChI=1S/C26H31FN2O2/c1-18-4-9-24-23(16-18)22-10-13-28(3)14-11-25(22)29(24)17-26(31-15-12-19(2)30)20-5-7-21(27)8-6-20/h4-9,16,26H,10-15,17H2,1-3H3. The van der Waals surface area contributed by atoms with E-state index in [1.54, 1.807) is 19.1 Å². The van der Waals surface area contributed by atoms with Crippen LogP contribution in [-0.4, -0.2) is 42.0 Å². The lowest BCUT2D eigenvalue weighted by Gasteiger charge is -2.22. The number of carbonyl (C=O) groups is 1. The molecule has 0 N–H and O–H groups in total. The third-order valence-corrected chi connectivity index (χ3v) is 6.28. The van der Waals surface area contributed by atoms with Crippen molar-refractivity contribution >= 4 is 16.7 Å². The molecule has 0 aliphatic carbocycles. The van der Waals surface area contributed by atoms with Crippen LogP contribution in [0.4, 0.5) is 4.39 Å². The van der Waals surface area contributed by atoms with Gasteiger partial charge in [0.05, 0.1) is 13.2 Å². The molecule has 0 amide bonds. The number of ketones is 1. The van der Waals surface area contributed by atoms with E-state index in [0.29, 0.717) is 19.6 Å². The monoisotopic (exact) mass is 422 g/mol. The van der Waals surface area contributed by atoms with Gasteiger partial charge in [0, 0.05) is 42.5 Å². The van der Waals surface area contributed by atoms with Gasteiger partial charge < -0.3 is 14.2 Å². The summed E-state index contributed by atoms with van der Waals surface area (Å²) < 4.78 is 22.1. The topological polar surface area (TPSA) is 34.5 Å². The molecule has 4 rings (SSSR count). The van der Waals surface area contributed by atoms with E-state index >= 15 is 0 Å². The summed E-state index contributed by atoms with van der Waals surface area (Å²) in [6.45, 7) is 6.79. The molecule has 1 unspecified atom stereocenters. The van der Waals surface area contributed by atoms with E-state index in [9.17, 15) is 9.18 Å². The SMILES string of the molecule is CC(=O)CCOC(Cn1c2c(c3cc(C)ccc31)CCN(C)CC2)c1ccc(F)cc1. The second kappa shape index (κ2) is 9.33. The van der Waals surface area contributed by atoms with Gasteiger partial charge in [-0.1, -0.05) is 23.8 Å². The number of ether oxygens (including phenoxy) is 1. The predicted molar refractivity (Wildman–Crippen MR) is 122 cm³/mol. The van der Waals surface area contributed by atoms with Gasteiger partial charge in [-0.15, -0.1) is 0 Å². The summed E-state index contributed by atoms with van der Waals surface area (Å²) in [6, 6.07) is 13.2. The molecule has 31 heavy (non-hydrogen) atoms. The summed E-state index contributed by atoms with van der Waals surface area (Å²) in [5.41, 5.74) is 6.22. The average molecular weight is 423 g/mol. The van der Waals surface area contributed by atoms with Gasteiger partial charge in [0.1, 0.15) is 17.7 Å². The molecular weight excluding hydrogens is 391 g/mol. The van der Waals surface area contributed by atoms with E-state index in [1.807, 2.05) is 0 Å². The number of aromatic nitrogens is 1. The molecule has 5 heteroatoms. The van der Waals surface area contributed by atoms with E-state index in [4.69, 9.17) is 4.74 Å². The maximum atomic E-state index is 13.5. The molecule has 1 aromatic heterocycles. The fourth-order valence-corrected chi connectivity index (χ4v) is 4.52. The molecule has 0 spiro atoms. The summed E-state index contributed by atoms with van der Waals surface area (Å²) in [5, 5.41) is 1.33. The highest BCUT2D eigenvalue weighted by atomic mass is 19.1. The normalized spacial score (nSPS) is 15.6. The van der Waals surface area contributed by atoms with Crippen LogP contribution in [0, 0.1) is 12.7 Å². The first-order valence-corrected chi connectivity index (χ1v) is 11.1. The molecule has 1 aliphatic heterocycles. The van der Waals surface area contributed by atoms with Crippen molar-refractivity contribution in [2.45, 2.75) is 45.8 Å². The molecule has 3 aromatic rings. The van der Waals surface area contributed by atoms with Crippen molar-refractivity contribution in [2.75, 3.05) is 26.7 Å². The number of fused-ring (bicyclic) bond motifs is 3. The van der Waals surface area contributed by atoms with Gasteiger partial charge in [-0.05, 0) is 62.7 Å². The van der Waals surface area contributed by atoms with Crippen molar-refractivity contribution in [2.24, 2.45) is 0 Å². The lowest BCUT2D eigenvalue weighted by molar-refractivity contribution is -0.118. The van der Waals surface area contributed by atoms with Crippen LogP contribution in [0.5, 0.6) is 0 Å². The molecule has 1 aliphatic rings. The van der Waals surface area contributed by atoms with Gasteiger partial charge in [-0.25, -0.2) is 4.39 Å². The fraction of sp³-hybridized carbons (Fsp3) is 0.423. The van der Waals surface area contributed by atoms with Crippen molar-refractivity contribution < 1.29 is 13.9 Å². The van der Waals surface area contributed by atoms with Gasteiger partial charge >= 0.3 is 0 Å². The van der Waals surface area contributed by atoms with Gasteiger partial charge in [-0.3, -0.25) is 4.79 Å². The summed E-state index contributed by atoms with van der Waals surface area (Å²) in [6.07, 6.45) is 2.16. The minimum atomic E-state index is -0.259. The Morgan fingerprint density at radius 3 is 2.61 bits per heavy atom. The Labute approximate surface area is 183 Å². The van der Waals surface area contributed by atoms with Gasteiger partial charge in [0.2, 0.25) is 0 Å². The molecule has 4 nitrogen and oxygen atoms in total.